The summed E-state index contributed by atoms with van der Waals surface area (Å²) in [6.45, 7) is 1.87. The Labute approximate surface area is 159 Å². The molecule has 3 aromatic rings. The zero-order chi connectivity index (χ0) is 19.5. The summed E-state index contributed by atoms with van der Waals surface area (Å²) < 4.78 is 34.2. The van der Waals surface area contributed by atoms with Gasteiger partial charge in [-0.3, -0.25) is 4.79 Å². The number of aryl methyl sites for hydroxylation is 1. The van der Waals surface area contributed by atoms with Crippen LogP contribution in [-0.4, -0.2) is 30.7 Å². The lowest BCUT2D eigenvalue weighted by Crippen LogP contribution is -2.28. The van der Waals surface area contributed by atoms with Gasteiger partial charge in [-0.15, -0.1) is 0 Å². The number of rotatable bonds is 3. The van der Waals surface area contributed by atoms with E-state index in [9.17, 15) is 13.6 Å². The van der Waals surface area contributed by atoms with E-state index in [0.29, 0.717) is 35.6 Å². The molecule has 0 spiro atoms. The molecule has 3 heterocycles. The summed E-state index contributed by atoms with van der Waals surface area (Å²) >= 11 is 0. The van der Waals surface area contributed by atoms with Gasteiger partial charge in [0, 0.05) is 24.7 Å². The highest BCUT2D eigenvalue weighted by Gasteiger charge is 2.39. The Morgan fingerprint density at radius 3 is 2.57 bits per heavy atom. The van der Waals surface area contributed by atoms with E-state index in [4.69, 9.17) is 9.40 Å². The molecular formula is C19H21F2N5O2. The maximum atomic E-state index is 13.5. The molecule has 1 N–H and O–H groups in total. The van der Waals surface area contributed by atoms with Crippen molar-refractivity contribution < 1.29 is 13.2 Å². The molecule has 2 atom stereocenters. The molecule has 2 fully saturated rings. The first-order valence-corrected chi connectivity index (χ1v) is 9.68. The molecule has 0 aromatic carbocycles. The molecule has 0 aliphatic heterocycles. The second kappa shape index (κ2) is 6.22. The Morgan fingerprint density at radius 1 is 1.18 bits per heavy atom. The van der Waals surface area contributed by atoms with E-state index >= 15 is 0 Å². The van der Waals surface area contributed by atoms with Gasteiger partial charge < -0.3 is 9.40 Å². The topological polar surface area (TPSA) is 89.6 Å². The van der Waals surface area contributed by atoms with Crippen molar-refractivity contribution in [1.29, 1.82) is 0 Å². The van der Waals surface area contributed by atoms with Crippen LogP contribution in [0.1, 0.15) is 73.8 Å². The number of nitrogens with zero attached hydrogens (tertiary/aromatic N) is 4. The molecule has 2 saturated carbocycles. The molecule has 0 bridgehead atoms. The second-order valence-electron chi connectivity index (χ2n) is 7.98. The number of nitrogens with one attached hydrogen (secondary N) is 1. The Hall–Kier alpha value is -2.58. The Bertz CT molecular complexity index is 1080. The minimum Gasteiger partial charge on any atom is -0.448 e. The number of fused-ring (bicyclic) bond motifs is 1. The number of hydrogen-bond acceptors (Lipinski definition) is 5. The molecule has 148 valence electrons. The third kappa shape index (κ3) is 2.84. The summed E-state index contributed by atoms with van der Waals surface area (Å²) in [5.74, 6) is -1.25. The Morgan fingerprint density at radius 2 is 1.93 bits per heavy atom. The van der Waals surface area contributed by atoms with E-state index in [-0.39, 0.29) is 36.3 Å². The average Bonchev–Trinajstić information content (AvgIpc) is 3.21. The lowest BCUT2D eigenvalue weighted by atomic mass is 9.73. The Kier molecular flexibility index (Phi) is 3.89. The van der Waals surface area contributed by atoms with Crippen molar-refractivity contribution in [3.63, 3.8) is 0 Å². The van der Waals surface area contributed by atoms with Crippen molar-refractivity contribution in [2.24, 2.45) is 0 Å². The number of halogens is 2. The maximum absolute atomic E-state index is 13.5. The first kappa shape index (κ1) is 17.5. The Balaban J connectivity index is 1.49. The molecule has 0 amide bonds. The van der Waals surface area contributed by atoms with Crippen molar-refractivity contribution >= 4 is 11.0 Å². The van der Waals surface area contributed by atoms with Crippen LogP contribution in [0.15, 0.2) is 21.7 Å². The lowest BCUT2D eigenvalue weighted by molar-refractivity contribution is -0.0446. The van der Waals surface area contributed by atoms with Crippen molar-refractivity contribution in [3.05, 3.63) is 40.2 Å². The predicted molar refractivity (Wildman–Crippen MR) is 96.6 cm³/mol. The third-order valence-electron chi connectivity index (χ3n) is 6.09. The van der Waals surface area contributed by atoms with Crippen LogP contribution in [0.2, 0.25) is 0 Å². The monoisotopic (exact) mass is 389 g/mol. The van der Waals surface area contributed by atoms with E-state index in [1.807, 2.05) is 6.92 Å². The van der Waals surface area contributed by atoms with Gasteiger partial charge in [0.1, 0.15) is 17.5 Å². The molecule has 0 radical (unpaired) electrons. The lowest BCUT2D eigenvalue weighted by Gasteiger charge is -2.33. The van der Waals surface area contributed by atoms with Crippen LogP contribution in [0.25, 0.3) is 11.0 Å². The number of hydrogen-bond donors (Lipinski definition) is 1. The number of H-pyrrole nitrogens is 1. The van der Waals surface area contributed by atoms with Crippen molar-refractivity contribution in [2.75, 3.05) is 0 Å². The summed E-state index contributed by atoms with van der Waals surface area (Å²) in [7, 11) is 0. The van der Waals surface area contributed by atoms with Gasteiger partial charge in [0.05, 0.1) is 17.9 Å². The molecule has 7 nitrogen and oxygen atoms in total. The van der Waals surface area contributed by atoms with E-state index in [0.717, 1.165) is 18.5 Å². The molecule has 5 rings (SSSR count). The zero-order valence-corrected chi connectivity index (χ0v) is 15.5. The van der Waals surface area contributed by atoms with Gasteiger partial charge in [-0.25, -0.2) is 23.4 Å². The van der Waals surface area contributed by atoms with Crippen molar-refractivity contribution in [2.45, 2.75) is 69.2 Å². The summed E-state index contributed by atoms with van der Waals surface area (Å²) in [5.41, 5.74) is 1.05. The molecule has 3 aromatic heterocycles. The minimum absolute atomic E-state index is 0.0224. The van der Waals surface area contributed by atoms with Crippen LogP contribution in [0.4, 0.5) is 8.78 Å². The molecular weight excluding hydrogens is 368 g/mol. The summed E-state index contributed by atoms with van der Waals surface area (Å²) in [5, 5.41) is 4.70. The van der Waals surface area contributed by atoms with Crippen LogP contribution in [0.5, 0.6) is 0 Å². The normalized spacial score (nSPS) is 25.1. The fourth-order valence-corrected chi connectivity index (χ4v) is 4.33. The van der Waals surface area contributed by atoms with E-state index in [2.05, 4.69) is 15.1 Å². The standard InChI is InChI=1S/C19H21F2N5O2/c1-10-9-28-18(23-10)13-3-2-12(13)15-24-16-14(17(27)25-15)8-22-26(16)11-4-6-19(20,21)7-5-11/h8-9,11-13H,2-7H2,1H3,(H,24,25,27)/t12-,13-/m1/s1. The van der Waals surface area contributed by atoms with E-state index < -0.39 is 5.92 Å². The van der Waals surface area contributed by atoms with Gasteiger partial charge in [0.25, 0.3) is 5.56 Å². The van der Waals surface area contributed by atoms with Crippen LogP contribution >= 0.6 is 0 Å². The molecule has 2 aliphatic carbocycles. The van der Waals surface area contributed by atoms with Crippen molar-refractivity contribution in [1.82, 2.24) is 24.7 Å². The fourth-order valence-electron chi connectivity index (χ4n) is 4.33. The second-order valence-corrected chi connectivity index (χ2v) is 7.98. The predicted octanol–water partition coefficient (Wildman–Crippen LogP) is 3.83. The van der Waals surface area contributed by atoms with Crippen LogP contribution in [0.3, 0.4) is 0 Å². The van der Waals surface area contributed by atoms with Crippen LogP contribution in [-0.2, 0) is 0 Å². The highest BCUT2D eigenvalue weighted by molar-refractivity contribution is 5.73. The highest BCUT2D eigenvalue weighted by Crippen LogP contribution is 2.47. The fraction of sp³-hybridized carbons (Fsp3) is 0.579. The number of alkyl halides is 2. The third-order valence-corrected chi connectivity index (χ3v) is 6.09. The van der Waals surface area contributed by atoms with Crippen molar-refractivity contribution in [3.8, 4) is 0 Å². The SMILES string of the molecule is Cc1coc([C@@H]2CC[C@H]2c2nc3c(cnn3C3CCC(F)(F)CC3)c(=O)[nH]2)n1. The smallest absolute Gasteiger partial charge is 0.262 e. The first-order valence-electron chi connectivity index (χ1n) is 9.68. The number of oxazole rings is 1. The molecule has 0 unspecified atom stereocenters. The van der Waals surface area contributed by atoms with Gasteiger partial charge in [-0.1, -0.05) is 0 Å². The van der Waals surface area contributed by atoms with E-state index in [1.54, 1.807) is 10.9 Å². The first-order chi connectivity index (χ1) is 13.4. The summed E-state index contributed by atoms with van der Waals surface area (Å²) in [4.78, 5) is 24.6. The van der Waals surface area contributed by atoms with Gasteiger partial charge in [0.2, 0.25) is 5.92 Å². The molecule has 0 saturated heterocycles. The van der Waals surface area contributed by atoms with Gasteiger partial charge >= 0.3 is 0 Å². The summed E-state index contributed by atoms with van der Waals surface area (Å²) in [6, 6.07) is -0.161. The highest BCUT2D eigenvalue weighted by atomic mass is 19.3. The summed E-state index contributed by atoms with van der Waals surface area (Å²) in [6.07, 6.45) is 5.23. The molecule has 9 heteroatoms. The van der Waals surface area contributed by atoms with Gasteiger partial charge in [-0.05, 0) is 32.6 Å². The minimum atomic E-state index is -2.61. The van der Waals surface area contributed by atoms with Gasteiger partial charge in [0.15, 0.2) is 11.5 Å². The maximum Gasteiger partial charge on any atom is 0.262 e. The largest absolute Gasteiger partial charge is 0.448 e. The van der Waals surface area contributed by atoms with Crippen LogP contribution in [0, 0.1) is 6.92 Å². The average molecular weight is 389 g/mol. The van der Waals surface area contributed by atoms with E-state index in [1.165, 1.54) is 6.20 Å². The number of aromatic nitrogens is 5. The quantitative estimate of drug-likeness (QED) is 0.735. The molecule has 28 heavy (non-hydrogen) atoms. The zero-order valence-electron chi connectivity index (χ0n) is 15.5. The number of aromatic amines is 1. The molecule has 2 aliphatic rings. The van der Waals surface area contributed by atoms with Gasteiger partial charge in [-0.2, -0.15) is 5.10 Å². The van der Waals surface area contributed by atoms with Crippen LogP contribution < -0.4 is 5.56 Å².